The van der Waals surface area contributed by atoms with Crippen LogP contribution in [0.4, 0.5) is 5.69 Å². The standard InChI is InChI=1S/C25H17N3O4/c1-32-25(29)17-9-5-8-16(12-17)20-14-26-24-23(22(20)15-6-3-2-4-7-15)19-13-18(28(30)31)10-11-21(19)27-24/h2-14H,1H3,(H,26,27). The van der Waals surface area contributed by atoms with Crippen LogP contribution in [0.15, 0.2) is 79.0 Å². The van der Waals surface area contributed by atoms with E-state index in [0.29, 0.717) is 16.6 Å². The number of nitrogens with one attached hydrogen (secondary N) is 1. The second-order valence-corrected chi connectivity index (χ2v) is 7.32. The molecule has 7 nitrogen and oxygen atoms in total. The van der Waals surface area contributed by atoms with Gasteiger partial charge in [-0.1, -0.05) is 42.5 Å². The molecule has 0 spiro atoms. The van der Waals surface area contributed by atoms with Crippen LogP contribution in [0.3, 0.4) is 0 Å². The van der Waals surface area contributed by atoms with Gasteiger partial charge < -0.3 is 9.72 Å². The van der Waals surface area contributed by atoms with Crippen LogP contribution in [-0.4, -0.2) is 28.0 Å². The molecule has 0 amide bonds. The van der Waals surface area contributed by atoms with Crippen LogP contribution in [0.2, 0.25) is 0 Å². The van der Waals surface area contributed by atoms with Crippen LogP contribution >= 0.6 is 0 Å². The highest BCUT2D eigenvalue weighted by Crippen LogP contribution is 2.41. The minimum Gasteiger partial charge on any atom is -0.465 e. The van der Waals surface area contributed by atoms with E-state index in [9.17, 15) is 14.9 Å². The summed E-state index contributed by atoms with van der Waals surface area (Å²) in [5.74, 6) is -0.426. The first-order chi connectivity index (χ1) is 15.6. The number of carbonyl (C=O) groups is 1. The number of nitro benzene ring substituents is 1. The van der Waals surface area contributed by atoms with E-state index in [1.165, 1.54) is 13.2 Å². The van der Waals surface area contributed by atoms with Crippen molar-refractivity contribution in [1.29, 1.82) is 0 Å². The summed E-state index contributed by atoms with van der Waals surface area (Å²) >= 11 is 0. The average Bonchev–Trinajstić information content (AvgIpc) is 3.21. The summed E-state index contributed by atoms with van der Waals surface area (Å²) in [7, 11) is 1.34. The lowest BCUT2D eigenvalue weighted by molar-refractivity contribution is -0.384. The molecule has 0 aliphatic rings. The molecule has 0 saturated carbocycles. The number of fused-ring (bicyclic) bond motifs is 3. The zero-order valence-electron chi connectivity index (χ0n) is 17.0. The zero-order valence-corrected chi connectivity index (χ0v) is 17.0. The summed E-state index contributed by atoms with van der Waals surface area (Å²) in [6, 6.07) is 21.7. The van der Waals surface area contributed by atoms with Crippen molar-refractivity contribution in [3.05, 3.63) is 94.7 Å². The first-order valence-corrected chi connectivity index (χ1v) is 9.90. The van der Waals surface area contributed by atoms with Gasteiger partial charge >= 0.3 is 5.97 Å². The summed E-state index contributed by atoms with van der Waals surface area (Å²) in [5.41, 5.74) is 5.25. The molecule has 0 aliphatic heterocycles. The average molecular weight is 423 g/mol. The highest BCUT2D eigenvalue weighted by Gasteiger charge is 2.19. The van der Waals surface area contributed by atoms with Gasteiger partial charge in [-0.15, -0.1) is 0 Å². The highest BCUT2D eigenvalue weighted by atomic mass is 16.6. The van der Waals surface area contributed by atoms with E-state index in [4.69, 9.17) is 4.74 Å². The molecule has 156 valence electrons. The highest BCUT2D eigenvalue weighted by molar-refractivity contribution is 6.16. The van der Waals surface area contributed by atoms with Gasteiger partial charge in [-0.05, 0) is 29.3 Å². The molecule has 3 aromatic carbocycles. The molecule has 7 heteroatoms. The second kappa shape index (κ2) is 7.63. The number of benzene rings is 3. The normalized spacial score (nSPS) is 11.0. The topological polar surface area (TPSA) is 98.1 Å². The number of pyridine rings is 1. The number of hydrogen-bond acceptors (Lipinski definition) is 5. The fraction of sp³-hybridized carbons (Fsp3) is 0.0400. The Kier molecular flexibility index (Phi) is 4.63. The Morgan fingerprint density at radius 1 is 1.00 bits per heavy atom. The van der Waals surface area contributed by atoms with Gasteiger partial charge in [0, 0.05) is 45.7 Å². The third-order valence-electron chi connectivity index (χ3n) is 5.47. The number of esters is 1. The van der Waals surface area contributed by atoms with Gasteiger partial charge in [0.25, 0.3) is 5.69 Å². The largest absolute Gasteiger partial charge is 0.465 e. The SMILES string of the molecule is COC(=O)c1cccc(-c2cnc3[nH]c4ccc([N+](=O)[O-])cc4c3c2-c2ccccc2)c1. The van der Waals surface area contributed by atoms with Crippen LogP contribution in [0, 0.1) is 10.1 Å². The quantitative estimate of drug-likeness (QED) is 0.226. The summed E-state index contributed by atoms with van der Waals surface area (Å²) in [5, 5.41) is 12.9. The lowest BCUT2D eigenvalue weighted by atomic mass is 9.92. The summed E-state index contributed by atoms with van der Waals surface area (Å²) in [6.07, 6.45) is 1.75. The van der Waals surface area contributed by atoms with Gasteiger partial charge in [0.05, 0.1) is 17.6 Å². The molecule has 0 bridgehead atoms. The van der Waals surface area contributed by atoms with Crippen molar-refractivity contribution >= 4 is 33.6 Å². The van der Waals surface area contributed by atoms with Crippen molar-refractivity contribution in [3.8, 4) is 22.3 Å². The van der Waals surface area contributed by atoms with Crippen LogP contribution in [0.1, 0.15) is 10.4 Å². The van der Waals surface area contributed by atoms with Gasteiger partial charge in [0.2, 0.25) is 0 Å². The van der Waals surface area contributed by atoms with E-state index >= 15 is 0 Å². The number of hydrogen-bond donors (Lipinski definition) is 1. The molecule has 1 N–H and O–H groups in total. The molecule has 2 heterocycles. The molecule has 2 aromatic heterocycles. The number of H-pyrrole nitrogens is 1. The summed E-state index contributed by atoms with van der Waals surface area (Å²) < 4.78 is 4.87. The van der Waals surface area contributed by atoms with Gasteiger partial charge in [0.1, 0.15) is 5.65 Å². The van der Waals surface area contributed by atoms with Crippen LogP contribution in [0.5, 0.6) is 0 Å². The molecule has 0 radical (unpaired) electrons. The van der Waals surface area contributed by atoms with E-state index in [1.807, 2.05) is 36.4 Å². The number of methoxy groups -OCH3 is 1. The Morgan fingerprint density at radius 3 is 2.53 bits per heavy atom. The van der Waals surface area contributed by atoms with Crippen molar-refractivity contribution in [2.75, 3.05) is 7.11 Å². The number of carbonyl (C=O) groups excluding carboxylic acids is 1. The number of aromatic nitrogens is 2. The van der Waals surface area contributed by atoms with Crippen LogP contribution in [0.25, 0.3) is 44.2 Å². The molecular weight excluding hydrogens is 406 g/mol. The van der Waals surface area contributed by atoms with Crippen LogP contribution < -0.4 is 0 Å². The second-order valence-electron chi connectivity index (χ2n) is 7.32. The van der Waals surface area contributed by atoms with Gasteiger partial charge in [0.15, 0.2) is 0 Å². The van der Waals surface area contributed by atoms with E-state index < -0.39 is 10.9 Å². The Hall–Kier alpha value is -4.52. The Balaban J connectivity index is 1.88. The van der Waals surface area contributed by atoms with Crippen molar-refractivity contribution in [2.45, 2.75) is 0 Å². The Labute approximate surface area is 182 Å². The number of nitrogens with zero attached hydrogens (tertiary/aromatic N) is 2. The predicted octanol–water partition coefficient (Wildman–Crippen LogP) is 5.74. The van der Waals surface area contributed by atoms with Crippen molar-refractivity contribution < 1.29 is 14.5 Å². The molecule has 0 fully saturated rings. The monoisotopic (exact) mass is 423 g/mol. The Bertz CT molecular complexity index is 1510. The number of non-ortho nitro benzene ring substituents is 1. The molecule has 0 saturated heterocycles. The predicted molar refractivity (Wildman–Crippen MR) is 122 cm³/mol. The summed E-state index contributed by atoms with van der Waals surface area (Å²) in [4.78, 5) is 31.0. The number of nitro groups is 1. The number of ether oxygens (including phenoxy) is 1. The van der Waals surface area contributed by atoms with Crippen molar-refractivity contribution in [3.63, 3.8) is 0 Å². The fourth-order valence-electron chi connectivity index (χ4n) is 4.01. The van der Waals surface area contributed by atoms with E-state index in [0.717, 1.165) is 33.2 Å². The minimum atomic E-state index is -0.426. The van der Waals surface area contributed by atoms with E-state index in [1.54, 1.807) is 36.5 Å². The molecule has 32 heavy (non-hydrogen) atoms. The van der Waals surface area contributed by atoms with Gasteiger partial charge in [-0.2, -0.15) is 0 Å². The Morgan fingerprint density at radius 2 is 1.78 bits per heavy atom. The van der Waals surface area contributed by atoms with E-state index in [2.05, 4.69) is 9.97 Å². The maximum absolute atomic E-state index is 12.1. The first kappa shape index (κ1) is 19.4. The van der Waals surface area contributed by atoms with Crippen molar-refractivity contribution in [1.82, 2.24) is 9.97 Å². The third-order valence-corrected chi connectivity index (χ3v) is 5.47. The minimum absolute atomic E-state index is 0.00973. The summed E-state index contributed by atoms with van der Waals surface area (Å²) in [6.45, 7) is 0. The fourth-order valence-corrected chi connectivity index (χ4v) is 4.01. The van der Waals surface area contributed by atoms with Crippen LogP contribution in [-0.2, 0) is 4.74 Å². The lowest BCUT2D eigenvalue weighted by Crippen LogP contribution is -2.01. The smallest absolute Gasteiger partial charge is 0.337 e. The lowest BCUT2D eigenvalue weighted by Gasteiger charge is -2.13. The molecule has 0 atom stereocenters. The molecular formula is C25H17N3O4. The van der Waals surface area contributed by atoms with E-state index in [-0.39, 0.29) is 5.69 Å². The molecule has 0 unspecified atom stereocenters. The zero-order chi connectivity index (χ0) is 22.2. The van der Waals surface area contributed by atoms with Crippen molar-refractivity contribution in [2.24, 2.45) is 0 Å². The number of aromatic amines is 1. The maximum atomic E-state index is 12.1. The number of rotatable bonds is 4. The third kappa shape index (κ3) is 3.16. The molecule has 0 aliphatic carbocycles. The molecule has 5 rings (SSSR count). The first-order valence-electron chi connectivity index (χ1n) is 9.90. The van der Waals surface area contributed by atoms with Gasteiger partial charge in [-0.3, -0.25) is 10.1 Å². The maximum Gasteiger partial charge on any atom is 0.337 e. The molecule has 5 aromatic rings. The van der Waals surface area contributed by atoms with Gasteiger partial charge in [-0.25, -0.2) is 9.78 Å².